The molecule has 0 N–H and O–H groups in total. The number of fused-ring (bicyclic) bond motifs is 5. The minimum absolute atomic E-state index is 0.0352. The van der Waals surface area contributed by atoms with Crippen molar-refractivity contribution in [3.63, 3.8) is 0 Å². The summed E-state index contributed by atoms with van der Waals surface area (Å²) in [6, 6.07) is 0. The Kier molecular flexibility index (Phi) is 3.11. The van der Waals surface area contributed by atoms with Crippen molar-refractivity contribution in [2.45, 2.75) is 70.3 Å². The SMILES string of the molecule is C=C1CCO[C@@]12CC[C@H]1[C@@H]3CCC4=CC(=O)CCC4=C3CC[C@@]12C. The van der Waals surface area contributed by atoms with Crippen LogP contribution < -0.4 is 0 Å². The van der Waals surface area contributed by atoms with E-state index in [1.165, 1.54) is 43.3 Å². The molecule has 0 bridgehead atoms. The predicted molar refractivity (Wildman–Crippen MR) is 94.6 cm³/mol. The zero-order valence-electron chi connectivity index (χ0n) is 14.8. The first-order valence-corrected chi connectivity index (χ1v) is 9.83. The summed E-state index contributed by atoms with van der Waals surface area (Å²) in [4.78, 5) is 11.8. The number of ether oxygens (including phenoxy) is 1. The quantitative estimate of drug-likeness (QED) is 0.592. The Balaban J connectivity index is 1.55. The minimum Gasteiger partial charge on any atom is -0.370 e. The van der Waals surface area contributed by atoms with E-state index in [9.17, 15) is 4.79 Å². The van der Waals surface area contributed by atoms with Crippen molar-refractivity contribution in [2.75, 3.05) is 6.61 Å². The Morgan fingerprint density at radius 3 is 2.79 bits per heavy atom. The fraction of sp³-hybridized carbons (Fsp3) is 0.682. The van der Waals surface area contributed by atoms with Gasteiger partial charge < -0.3 is 4.74 Å². The fourth-order valence-corrected chi connectivity index (χ4v) is 7.00. The second-order valence-electron chi connectivity index (χ2n) is 8.88. The Morgan fingerprint density at radius 2 is 2.00 bits per heavy atom. The standard InChI is InChI=1S/C22H28O2/c1-14-9-12-24-22(14)11-8-20-19-5-3-15-13-16(23)4-6-17(15)18(19)7-10-21(20,22)2/h13,19-20H,1,3-12H2,2H3/t19-,20+,21+,22+/m1/s1. The van der Waals surface area contributed by atoms with Gasteiger partial charge in [-0.05, 0) is 86.0 Å². The van der Waals surface area contributed by atoms with Gasteiger partial charge >= 0.3 is 0 Å². The van der Waals surface area contributed by atoms with Crippen LogP contribution in [-0.4, -0.2) is 18.0 Å². The topological polar surface area (TPSA) is 26.3 Å². The van der Waals surface area contributed by atoms with Crippen LogP contribution in [0, 0.1) is 17.3 Å². The molecule has 0 aromatic rings. The first-order chi connectivity index (χ1) is 11.6. The highest BCUT2D eigenvalue weighted by molar-refractivity contribution is 5.93. The summed E-state index contributed by atoms with van der Waals surface area (Å²) >= 11 is 0. The van der Waals surface area contributed by atoms with Gasteiger partial charge in [-0.2, -0.15) is 0 Å². The summed E-state index contributed by atoms with van der Waals surface area (Å²) in [5, 5.41) is 0. The number of hydrogen-bond donors (Lipinski definition) is 0. The van der Waals surface area contributed by atoms with Gasteiger partial charge in [-0.25, -0.2) is 0 Å². The van der Waals surface area contributed by atoms with Crippen molar-refractivity contribution < 1.29 is 9.53 Å². The van der Waals surface area contributed by atoms with Gasteiger partial charge in [0.15, 0.2) is 5.78 Å². The molecule has 0 aromatic carbocycles. The summed E-state index contributed by atoms with van der Waals surface area (Å²) in [5.41, 5.74) is 6.25. The van der Waals surface area contributed by atoms with E-state index in [0.29, 0.717) is 5.78 Å². The van der Waals surface area contributed by atoms with Gasteiger partial charge in [0.05, 0.1) is 12.2 Å². The van der Waals surface area contributed by atoms with Crippen molar-refractivity contribution in [1.82, 2.24) is 0 Å². The maximum atomic E-state index is 11.8. The van der Waals surface area contributed by atoms with E-state index < -0.39 is 0 Å². The van der Waals surface area contributed by atoms with Crippen LogP contribution in [0.1, 0.15) is 64.7 Å². The monoisotopic (exact) mass is 324 g/mol. The molecular weight excluding hydrogens is 296 g/mol. The molecule has 0 amide bonds. The molecule has 1 aliphatic heterocycles. The lowest BCUT2D eigenvalue weighted by Crippen LogP contribution is -2.50. The number of carbonyl (C=O) groups is 1. The molecule has 5 rings (SSSR count). The molecule has 0 radical (unpaired) electrons. The highest BCUT2D eigenvalue weighted by Crippen LogP contribution is 2.67. The third-order valence-corrected chi connectivity index (χ3v) is 8.18. The molecule has 0 aromatic heterocycles. The van der Waals surface area contributed by atoms with Gasteiger partial charge in [0, 0.05) is 11.8 Å². The van der Waals surface area contributed by atoms with E-state index in [1.54, 1.807) is 11.1 Å². The lowest BCUT2D eigenvalue weighted by Gasteiger charge is -2.52. The first-order valence-electron chi connectivity index (χ1n) is 9.83. The minimum atomic E-state index is -0.0352. The lowest BCUT2D eigenvalue weighted by molar-refractivity contribution is -0.114. The van der Waals surface area contributed by atoms with E-state index in [4.69, 9.17) is 4.74 Å². The molecule has 4 atom stereocenters. The molecule has 2 saturated carbocycles. The Bertz CT molecular complexity index is 697. The summed E-state index contributed by atoms with van der Waals surface area (Å²) < 4.78 is 6.41. The summed E-state index contributed by atoms with van der Waals surface area (Å²) in [5.74, 6) is 1.80. The second kappa shape index (κ2) is 4.94. The molecular formula is C22H28O2. The van der Waals surface area contributed by atoms with Crippen molar-refractivity contribution in [3.8, 4) is 0 Å². The van der Waals surface area contributed by atoms with Gasteiger partial charge in [0.1, 0.15) is 0 Å². The number of allylic oxidation sites excluding steroid dienone is 4. The third-order valence-electron chi connectivity index (χ3n) is 8.18. The Hall–Kier alpha value is -1.15. The molecule has 2 nitrogen and oxygen atoms in total. The predicted octanol–water partition coefficient (Wildman–Crippen LogP) is 4.91. The van der Waals surface area contributed by atoms with Gasteiger partial charge in [-0.15, -0.1) is 0 Å². The van der Waals surface area contributed by atoms with Gasteiger partial charge in [-0.3, -0.25) is 4.79 Å². The van der Waals surface area contributed by atoms with Crippen molar-refractivity contribution in [3.05, 3.63) is 34.9 Å². The van der Waals surface area contributed by atoms with E-state index in [-0.39, 0.29) is 11.0 Å². The molecule has 2 heteroatoms. The summed E-state index contributed by atoms with van der Waals surface area (Å²) in [7, 11) is 0. The summed E-state index contributed by atoms with van der Waals surface area (Å²) in [6.07, 6.45) is 12.0. The zero-order chi connectivity index (χ0) is 16.5. The van der Waals surface area contributed by atoms with Crippen LogP contribution in [0.5, 0.6) is 0 Å². The molecule has 1 heterocycles. The van der Waals surface area contributed by atoms with E-state index in [0.717, 1.165) is 44.1 Å². The van der Waals surface area contributed by atoms with Crippen LogP contribution in [0.15, 0.2) is 34.9 Å². The van der Waals surface area contributed by atoms with E-state index in [1.807, 2.05) is 6.08 Å². The second-order valence-corrected chi connectivity index (χ2v) is 8.88. The van der Waals surface area contributed by atoms with Crippen molar-refractivity contribution >= 4 is 5.78 Å². The van der Waals surface area contributed by atoms with Crippen LogP contribution in [0.25, 0.3) is 0 Å². The van der Waals surface area contributed by atoms with Crippen molar-refractivity contribution in [1.29, 1.82) is 0 Å². The molecule has 0 unspecified atom stereocenters. The smallest absolute Gasteiger partial charge is 0.156 e. The first kappa shape index (κ1) is 15.1. The normalized spacial score (nSPS) is 44.5. The van der Waals surface area contributed by atoms with Crippen LogP contribution in [0.2, 0.25) is 0 Å². The van der Waals surface area contributed by atoms with Crippen LogP contribution in [0.3, 0.4) is 0 Å². The average Bonchev–Trinajstić information content (AvgIpc) is 3.09. The van der Waals surface area contributed by atoms with Gasteiger partial charge in [-0.1, -0.05) is 19.1 Å². The van der Waals surface area contributed by atoms with Crippen LogP contribution >= 0.6 is 0 Å². The molecule has 24 heavy (non-hydrogen) atoms. The number of rotatable bonds is 0. The molecule has 4 aliphatic carbocycles. The molecule has 3 fully saturated rings. The fourth-order valence-electron chi connectivity index (χ4n) is 7.00. The Labute approximate surface area is 145 Å². The van der Waals surface area contributed by atoms with Crippen molar-refractivity contribution in [2.24, 2.45) is 17.3 Å². The highest BCUT2D eigenvalue weighted by Gasteiger charge is 2.64. The van der Waals surface area contributed by atoms with Gasteiger partial charge in [0.2, 0.25) is 0 Å². The number of hydrogen-bond acceptors (Lipinski definition) is 2. The lowest BCUT2D eigenvalue weighted by atomic mass is 9.54. The average molecular weight is 324 g/mol. The van der Waals surface area contributed by atoms with Crippen LogP contribution in [0.4, 0.5) is 0 Å². The molecule has 1 saturated heterocycles. The Morgan fingerprint density at radius 1 is 1.12 bits per heavy atom. The number of ketones is 1. The summed E-state index contributed by atoms with van der Waals surface area (Å²) in [6.45, 7) is 7.79. The van der Waals surface area contributed by atoms with Gasteiger partial charge in [0.25, 0.3) is 0 Å². The molecule has 5 aliphatic rings. The zero-order valence-corrected chi connectivity index (χ0v) is 14.8. The number of carbonyl (C=O) groups excluding carboxylic acids is 1. The molecule has 1 spiro atoms. The maximum Gasteiger partial charge on any atom is 0.156 e. The van der Waals surface area contributed by atoms with E-state index >= 15 is 0 Å². The van der Waals surface area contributed by atoms with E-state index in [2.05, 4.69) is 13.5 Å². The van der Waals surface area contributed by atoms with Crippen LogP contribution in [-0.2, 0) is 9.53 Å². The maximum absolute atomic E-state index is 11.8. The molecule has 128 valence electrons. The highest BCUT2D eigenvalue weighted by atomic mass is 16.5. The third kappa shape index (κ3) is 1.73. The largest absolute Gasteiger partial charge is 0.370 e.